The SMILES string of the molecule is COC(=O)c1ccc(N2C(=O)CC(N(Cc3ccccc3)S(=O)(=O)c3cccs3)C2=O)cc1. The molecule has 1 atom stereocenters. The molecule has 10 heteroatoms. The standard InChI is InChI=1S/C23H20N2O6S2/c1-31-23(28)17-9-11-18(12-10-17)25-20(26)14-19(22(25)27)24(15-16-6-3-2-4-7-16)33(29,30)21-8-5-13-32-21/h2-13,19H,14-15H2,1H3. The number of benzene rings is 2. The molecule has 0 radical (unpaired) electrons. The summed E-state index contributed by atoms with van der Waals surface area (Å²) in [6.07, 6.45) is -0.283. The topological polar surface area (TPSA) is 101 Å². The molecule has 0 bridgehead atoms. The second-order valence-corrected chi connectivity index (χ2v) is 10.4. The van der Waals surface area contributed by atoms with Crippen LogP contribution in [-0.2, 0) is 30.9 Å². The highest BCUT2D eigenvalue weighted by atomic mass is 32.2. The van der Waals surface area contributed by atoms with Gasteiger partial charge >= 0.3 is 5.97 Å². The Balaban J connectivity index is 1.68. The molecule has 0 saturated carbocycles. The largest absolute Gasteiger partial charge is 0.465 e. The van der Waals surface area contributed by atoms with E-state index in [1.54, 1.807) is 35.7 Å². The van der Waals surface area contributed by atoms with Crippen LogP contribution >= 0.6 is 11.3 Å². The molecule has 1 aliphatic heterocycles. The van der Waals surface area contributed by atoms with Gasteiger partial charge in [-0.15, -0.1) is 11.3 Å². The summed E-state index contributed by atoms with van der Waals surface area (Å²) in [5.74, 6) is -1.70. The quantitative estimate of drug-likeness (QED) is 0.377. The van der Waals surface area contributed by atoms with Gasteiger partial charge in [-0.3, -0.25) is 9.59 Å². The van der Waals surface area contributed by atoms with Crippen molar-refractivity contribution in [2.24, 2.45) is 0 Å². The fraction of sp³-hybridized carbons (Fsp3) is 0.174. The Hall–Kier alpha value is -3.34. The van der Waals surface area contributed by atoms with E-state index in [-0.39, 0.29) is 28.4 Å². The first-order chi connectivity index (χ1) is 15.8. The molecule has 3 aromatic rings. The lowest BCUT2D eigenvalue weighted by Crippen LogP contribution is -2.44. The zero-order chi connectivity index (χ0) is 23.6. The maximum absolute atomic E-state index is 13.4. The molecule has 1 aliphatic rings. The first-order valence-corrected chi connectivity index (χ1v) is 12.3. The zero-order valence-electron chi connectivity index (χ0n) is 17.6. The lowest BCUT2D eigenvalue weighted by atomic mass is 10.2. The Morgan fingerprint density at radius 2 is 1.76 bits per heavy atom. The van der Waals surface area contributed by atoms with Crippen molar-refractivity contribution in [2.75, 3.05) is 12.0 Å². The summed E-state index contributed by atoms with van der Waals surface area (Å²) in [6, 6.07) is 16.6. The molecule has 8 nitrogen and oxygen atoms in total. The van der Waals surface area contributed by atoms with E-state index in [1.165, 1.54) is 37.4 Å². The number of esters is 1. The number of carbonyl (C=O) groups excluding carboxylic acids is 3. The fourth-order valence-corrected chi connectivity index (χ4v) is 6.32. The zero-order valence-corrected chi connectivity index (χ0v) is 19.2. The summed E-state index contributed by atoms with van der Waals surface area (Å²) in [4.78, 5) is 38.8. The van der Waals surface area contributed by atoms with E-state index >= 15 is 0 Å². The maximum atomic E-state index is 13.4. The van der Waals surface area contributed by atoms with Gasteiger partial charge in [0.2, 0.25) is 5.91 Å². The third-order valence-electron chi connectivity index (χ3n) is 5.26. The summed E-state index contributed by atoms with van der Waals surface area (Å²) >= 11 is 1.05. The average molecular weight is 485 g/mol. The van der Waals surface area contributed by atoms with Gasteiger partial charge in [-0.25, -0.2) is 18.1 Å². The number of imide groups is 1. The highest BCUT2D eigenvalue weighted by molar-refractivity contribution is 7.91. The summed E-state index contributed by atoms with van der Waals surface area (Å²) in [6.45, 7) is -0.0557. The van der Waals surface area contributed by atoms with Crippen LogP contribution in [0.25, 0.3) is 0 Å². The first-order valence-electron chi connectivity index (χ1n) is 9.97. The molecule has 2 aromatic carbocycles. The number of rotatable bonds is 7. The van der Waals surface area contributed by atoms with Crippen molar-refractivity contribution in [3.63, 3.8) is 0 Å². The number of methoxy groups -OCH3 is 1. The highest BCUT2D eigenvalue weighted by Crippen LogP contribution is 2.32. The van der Waals surface area contributed by atoms with E-state index < -0.39 is 33.8 Å². The van der Waals surface area contributed by atoms with Crippen LogP contribution in [0.5, 0.6) is 0 Å². The summed E-state index contributed by atoms with van der Waals surface area (Å²) in [7, 11) is -2.78. The van der Waals surface area contributed by atoms with Gasteiger partial charge in [0.05, 0.1) is 24.8 Å². The molecule has 33 heavy (non-hydrogen) atoms. The van der Waals surface area contributed by atoms with E-state index in [0.29, 0.717) is 5.56 Å². The molecule has 1 unspecified atom stereocenters. The molecule has 2 heterocycles. The van der Waals surface area contributed by atoms with Gasteiger partial charge in [0.15, 0.2) is 0 Å². The molecule has 170 valence electrons. The second kappa shape index (κ2) is 9.26. The number of carbonyl (C=O) groups is 3. The minimum atomic E-state index is -4.03. The van der Waals surface area contributed by atoms with Crippen LogP contribution in [0.4, 0.5) is 5.69 Å². The average Bonchev–Trinajstić information content (AvgIpc) is 3.46. The van der Waals surface area contributed by atoms with Gasteiger partial charge in [-0.1, -0.05) is 36.4 Å². The number of sulfonamides is 1. The molecule has 4 rings (SSSR count). The van der Waals surface area contributed by atoms with Crippen LogP contribution < -0.4 is 4.90 Å². The first kappa shape index (κ1) is 22.8. The number of ether oxygens (including phenoxy) is 1. The van der Waals surface area contributed by atoms with Crippen molar-refractivity contribution in [1.29, 1.82) is 0 Å². The van der Waals surface area contributed by atoms with Gasteiger partial charge in [0.1, 0.15) is 10.3 Å². The molecular formula is C23H20N2O6S2. The van der Waals surface area contributed by atoms with E-state index in [9.17, 15) is 22.8 Å². The van der Waals surface area contributed by atoms with Gasteiger partial charge < -0.3 is 4.74 Å². The molecular weight excluding hydrogens is 464 g/mol. The number of thiophene rings is 1. The van der Waals surface area contributed by atoms with Gasteiger partial charge in [0, 0.05) is 6.54 Å². The lowest BCUT2D eigenvalue weighted by Gasteiger charge is -2.26. The van der Waals surface area contributed by atoms with Crippen LogP contribution in [0.2, 0.25) is 0 Å². The van der Waals surface area contributed by atoms with Gasteiger partial charge in [-0.2, -0.15) is 4.31 Å². The fourth-order valence-electron chi connectivity index (χ4n) is 3.63. The van der Waals surface area contributed by atoms with Crippen LogP contribution in [-0.4, -0.2) is 43.7 Å². The van der Waals surface area contributed by atoms with E-state index in [4.69, 9.17) is 0 Å². The minimum Gasteiger partial charge on any atom is -0.465 e. The maximum Gasteiger partial charge on any atom is 0.337 e. The number of hydrogen-bond acceptors (Lipinski definition) is 7. The van der Waals surface area contributed by atoms with Crippen molar-refractivity contribution in [3.05, 3.63) is 83.2 Å². The molecule has 2 amide bonds. The Morgan fingerprint density at radius 3 is 2.36 bits per heavy atom. The Kier molecular flexibility index (Phi) is 6.41. The molecule has 1 fully saturated rings. The van der Waals surface area contributed by atoms with Crippen LogP contribution in [0, 0.1) is 0 Å². The molecule has 1 aromatic heterocycles. The molecule has 1 saturated heterocycles. The molecule has 0 spiro atoms. The predicted octanol–water partition coefficient (Wildman–Crippen LogP) is 3.06. The third kappa shape index (κ3) is 4.45. The van der Waals surface area contributed by atoms with Crippen molar-refractivity contribution in [1.82, 2.24) is 4.31 Å². The molecule has 0 aliphatic carbocycles. The lowest BCUT2D eigenvalue weighted by molar-refractivity contribution is -0.122. The smallest absolute Gasteiger partial charge is 0.337 e. The van der Waals surface area contributed by atoms with Crippen molar-refractivity contribution < 1.29 is 27.5 Å². The summed E-state index contributed by atoms with van der Waals surface area (Å²) in [5.41, 5.74) is 1.22. The van der Waals surface area contributed by atoms with E-state index in [0.717, 1.165) is 20.5 Å². The summed E-state index contributed by atoms with van der Waals surface area (Å²) < 4.78 is 32.7. The second-order valence-electron chi connectivity index (χ2n) is 7.29. The van der Waals surface area contributed by atoms with Crippen molar-refractivity contribution in [3.8, 4) is 0 Å². The van der Waals surface area contributed by atoms with Crippen LogP contribution in [0.15, 0.2) is 76.3 Å². The molecule has 0 N–H and O–H groups in total. The highest BCUT2D eigenvalue weighted by Gasteiger charge is 2.47. The van der Waals surface area contributed by atoms with Crippen LogP contribution in [0.1, 0.15) is 22.3 Å². The normalized spacial score (nSPS) is 16.4. The Labute approximate surface area is 195 Å². The number of hydrogen-bond donors (Lipinski definition) is 0. The van der Waals surface area contributed by atoms with E-state index in [2.05, 4.69) is 4.74 Å². The third-order valence-corrected chi connectivity index (χ3v) is 8.48. The van der Waals surface area contributed by atoms with Crippen molar-refractivity contribution in [2.45, 2.75) is 23.2 Å². The van der Waals surface area contributed by atoms with Crippen molar-refractivity contribution >= 4 is 44.8 Å². The monoisotopic (exact) mass is 484 g/mol. The predicted molar refractivity (Wildman–Crippen MR) is 122 cm³/mol. The number of amides is 2. The van der Waals surface area contributed by atoms with Gasteiger partial charge in [-0.05, 0) is 41.3 Å². The Bertz CT molecular complexity index is 1270. The van der Waals surface area contributed by atoms with E-state index in [1.807, 2.05) is 6.07 Å². The number of anilines is 1. The summed E-state index contributed by atoms with van der Waals surface area (Å²) in [5, 5.41) is 1.64. The minimum absolute atomic E-state index is 0.0557. The number of nitrogens with zero attached hydrogens (tertiary/aromatic N) is 2. The Morgan fingerprint density at radius 1 is 1.06 bits per heavy atom. The van der Waals surface area contributed by atoms with Crippen LogP contribution in [0.3, 0.4) is 0 Å². The van der Waals surface area contributed by atoms with Gasteiger partial charge in [0.25, 0.3) is 15.9 Å².